The van der Waals surface area contributed by atoms with Gasteiger partial charge in [-0.3, -0.25) is 0 Å². The molecule has 0 bridgehead atoms. The van der Waals surface area contributed by atoms with Gasteiger partial charge in [-0.15, -0.1) is 12.4 Å². The van der Waals surface area contributed by atoms with Crippen LogP contribution in [0.2, 0.25) is 0 Å². The molecule has 2 heterocycles. The van der Waals surface area contributed by atoms with Gasteiger partial charge in [-0.05, 0) is 32.4 Å². The third-order valence-electron chi connectivity index (χ3n) is 3.74. The molecule has 0 aliphatic carbocycles. The van der Waals surface area contributed by atoms with Crippen LogP contribution in [0.1, 0.15) is 26.2 Å². The molecule has 0 aromatic heterocycles. The fourth-order valence-corrected chi connectivity index (χ4v) is 2.73. The summed E-state index contributed by atoms with van der Waals surface area (Å²) < 4.78 is 5.31. The molecule has 6 heteroatoms. The molecule has 0 aromatic carbocycles. The lowest BCUT2D eigenvalue weighted by atomic mass is 10.0. The number of hydrogen-bond acceptors (Lipinski definition) is 3. The van der Waals surface area contributed by atoms with Crippen LogP contribution in [0.5, 0.6) is 0 Å². The second-order valence-corrected chi connectivity index (χ2v) is 5.06. The standard InChI is InChI=1S/C13H25N3O2.ClH/c1-2-7-16(12-3-5-14-6-4-12)13(17)15-8-10-18-11-9-15;/h12,14H,2-11H2,1H3;1H. The summed E-state index contributed by atoms with van der Waals surface area (Å²) in [6.45, 7) is 7.91. The Bertz CT molecular complexity index is 267. The lowest BCUT2D eigenvalue weighted by Crippen LogP contribution is -2.53. The van der Waals surface area contributed by atoms with E-state index in [4.69, 9.17) is 4.74 Å². The molecule has 19 heavy (non-hydrogen) atoms. The number of nitrogens with zero attached hydrogens (tertiary/aromatic N) is 2. The summed E-state index contributed by atoms with van der Waals surface area (Å²) in [7, 11) is 0. The average Bonchev–Trinajstić information content (AvgIpc) is 2.46. The molecule has 2 aliphatic rings. The Morgan fingerprint density at radius 2 is 1.95 bits per heavy atom. The lowest BCUT2D eigenvalue weighted by molar-refractivity contribution is 0.0373. The molecule has 112 valence electrons. The fourth-order valence-electron chi connectivity index (χ4n) is 2.73. The van der Waals surface area contributed by atoms with Crippen LogP contribution in [0.25, 0.3) is 0 Å². The van der Waals surface area contributed by atoms with Crippen molar-refractivity contribution in [3.05, 3.63) is 0 Å². The maximum absolute atomic E-state index is 12.6. The second-order valence-electron chi connectivity index (χ2n) is 5.06. The predicted octanol–water partition coefficient (Wildman–Crippen LogP) is 1.32. The third kappa shape index (κ3) is 4.51. The van der Waals surface area contributed by atoms with Crippen molar-refractivity contribution < 1.29 is 9.53 Å². The lowest BCUT2D eigenvalue weighted by Gasteiger charge is -2.39. The largest absolute Gasteiger partial charge is 0.378 e. The average molecular weight is 292 g/mol. The number of morpholine rings is 1. The van der Waals surface area contributed by atoms with Crippen molar-refractivity contribution >= 4 is 18.4 Å². The van der Waals surface area contributed by atoms with Crippen LogP contribution in [0.3, 0.4) is 0 Å². The Kier molecular flexibility index (Phi) is 7.49. The van der Waals surface area contributed by atoms with Crippen molar-refractivity contribution in [1.29, 1.82) is 0 Å². The van der Waals surface area contributed by atoms with Gasteiger partial charge >= 0.3 is 6.03 Å². The summed E-state index contributed by atoms with van der Waals surface area (Å²) in [4.78, 5) is 16.6. The van der Waals surface area contributed by atoms with Gasteiger partial charge in [0, 0.05) is 25.7 Å². The highest BCUT2D eigenvalue weighted by molar-refractivity contribution is 5.85. The zero-order valence-electron chi connectivity index (χ0n) is 11.8. The van der Waals surface area contributed by atoms with Gasteiger partial charge in [0.1, 0.15) is 0 Å². The van der Waals surface area contributed by atoms with Crippen molar-refractivity contribution in [3.8, 4) is 0 Å². The summed E-state index contributed by atoms with van der Waals surface area (Å²) in [5, 5.41) is 3.36. The van der Waals surface area contributed by atoms with E-state index < -0.39 is 0 Å². The molecule has 2 amide bonds. The van der Waals surface area contributed by atoms with Crippen LogP contribution in [0.15, 0.2) is 0 Å². The van der Waals surface area contributed by atoms with Crippen molar-refractivity contribution in [2.45, 2.75) is 32.2 Å². The van der Waals surface area contributed by atoms with Gasteiger partial charge in [0.25, 0.3) is 0 Å². The Balaban J connectivity index is 0.00000180. The van der Waals surface area contributed by atoms with Gasteiger partial charge < -0.3 is 19.9 Å². The molecule has 0 saturated carbocycles. The first-order chi connectivity index (χ1) is 8.83. The van der Waals surface area contributed by atoms with E-state index in [0.29, 0.717) is 19.3 Å². The van der Waals surface area contributed by atoms with Gasteiger partial charge in [-0.25, -0.2) is 4.79 Å². The quantitative estimate of drug-likeness (QED) is 0.853. The van der Waals surface area contributed by atoms with Gasteiger partial charge in [0.2, 0.25) is 0 Å². The molecule has 2 fully saturated rings. The van der Waals surface area contributed by atoms with E-state index in [1.54, 1.807) is 0 Å². The Hall–Kier alpha value is -0.520. The molecule has 1 N–H and O–H groups in total. The highest BCUT2D eigenvalue weighted by Crippen LogP contribution is 2.15. The molecular formula is C13H26ClN3O2. The summed E-state index contributed by atoms with van der Waals surface area (Å²) in [5.74, 6) is 0. The minimum Gasteiger partial charge on any atom is -0.378 e. The van der Waals surface area contributed by atoms with Crippen molar-refractivity contribution in [3.63, 3.8) is 0 Å². The number of carbonyl (C=O) groups is 1. The molecule has 2 saturated heterocycles. The van der Waals surface area contributed by atoms with Crippen molar-refractivity contribution in [2.75, 3.05) is 45.9 Å². The minimum atomic E-state index is 0. The first-order valence-electron chi connectivity index (χ1n) is 7.17. The fraction of sp³-hybridized carbons (Fsp3) is 0.923. The zero-order valence-corrected chi connectivity index (χ0v) is 12.6. The number of rotatable bonds is 3. The SMILES string of the molecule is CCCN(C(=O)N1CCOCC1)C1CCNCC1.Cl. The van der Waals surface area contributed by atoms with Crippen molar-refractivity contribution in [1.82, 2.24) is 15.1 Å². The van der Waals surface area contributed by atoms with Crippen LogP contribution < -0.4 is 5.32 Å². The summed E-state index contributed by atoms with van der Waals surface area (Å²) in [6.07, 6.45) is 3.19. The normalized spacial score (nSPS) is 20.8. The Morgan fingerprint density at radius 3 is 2.53 bits per heavy atom. The first-order valence-corrected chi connectivity index (χ1v) is 7.17. The number of urea groups is 1. The predicted molar refractivity (Wildman–Crippen MR) is 77.9 cm³/mol. The van der Waals surface area contributed by atoms with E-state index in [1.165, 1.54) is 0 Å². The third-order valence-corrected chi connectivity index (χ3v) is 3.74. The summed E-state index contributed by atoms with van der Waals surface area (Å²) >= 11 is 0. The zero-order chi connectivity index (χ0) is 12.8. The number of amides is 2. The summed E-state index contributed by atoms with van der Waals surface area (Å²) in [5.41, 5.74) is 0. The smallest absolute Gasteiger partial charge is 0.320 e. The molecular weight excluding hydrogens is 266 g/mol. The topological polar surface area (TPSA) is 44.8 Å². The molecule has 0 spiro atoms. The second kappa shape index (κ2) is 8.61. The maximum atomic E-state index is 12.6. The van der Waals surface area contributed by atoms with Gasteiger partial charge in [0.05, 0.1) is 13.2 Å². The van der Waals surface area contributed by atoms with Gasteiger partial charge in [-0.1, -0.05) is 6.92 Å². The number of halogens is 1. The van der Waals surface area contributed by atoms with E-state index in [2.05, 4.69) is 17.1 Å². The molecule has 2 aliphatic heterocycles. The maximum Gasteiger partial charge on any atom is 0.320 e. The summed E-state index contributed by atoms with van der Waals surface area (Å²) in [6, 6.07) is 0.633. The number of carbonyl (C=O) groups excluding carboxylic acids is 1. The van der Waals surface area contributed by atoms with Gasteiger partial charge in [0.15, 0.2) is 0 Å². The van der Waals surface area contributed by atoms with Crippen LogP contribution >= 0.6 is 12.4 Å². The van der Waals surface area contributed by atoms with Crippen molar-refractivity contribution in [2.24, 2.45) is 0 Å². The van der Waals surface area contributed by atoms with E-state index in [0.717, 1.165) is 52.0 Å². The van der Waals surface area contributed by atoms with E-state index in [1.807, 2.05) is 4.90 Å². The highest BCUT2D eigenvalue weighted by Gasteiger charge is 2.28. The number of piperidine rings is 1. The van der Waals surface area contributed by atoms with Crippen LogP contribution in [-0.2, 0) is 4.74 Å². The molecule has 0 radical (unpaired) electrons. The van der Waals surface area contributed by atoms with E-state index in [9.17, 15) is 4.79 Å². The number of nitrogens with one attached hydrogen (secondary N) is 1. The first kappa shape index (κ1) is 16.5. The molecule has 0 atom stereocenters. The highest BCUT2D eigenvalue weighted by atomic mass is 35.5. The van der Waals surface area contributed by atoms with Gasteiger partial charge in [-0.2, -0.15) is 0 Å². The Labute approximate surface area is 122 Å². The van der Waals surface area contributed by atoms with Crippen LogP contribution in [0.4, 0.5) is 4.79 Å². The number of ether oxygens (including phenoxy) is 1. The molecule has 5 nitrogen and oxygen atoms in total. The van der Waals surface area contributed by atoms with Crippen LogP contribution in [0, 0.1) is 0 Å². The number of hydrogen-bond donors (Lipinski definition) is 1. The molecule has 0 aromatic rings. The van der Waals surface area contributed by atoms with Crippen LogP contribution in [-0.4, -0.2) is 67.8 Å². The monoisotopic (exact) mass is 291 g/mol. The molecule has 2 rings (SSSR count). The minimum absolute atomic E-state index is 0. The van der Waals surface area contributed by atoms with E-state index in [-0.39, 0.29) is 18.4 Å². The Morgan fingerprint density at radius 1 is 1.32 bits per heavy atom. The molecule has 0 unspecified atom stereocenters. The van der Waals surface area contributed by atoms with E-state index >= 15 is 0 Å².